The fourth-order valence-corrected chi connectivity index (χ4v) is 6.09. The third kappa shape index (κ3) is 5.79. The lowest BCUT2D eigenvalue weighted by molar-refractivity contribution is -0.141. The topological polar surface area (TPSA) is 104 Å². The highest BCUT2D eigenvalue weighted by Crippen LogP contribution is 2.30. The standard InChI is InChI=1S/C24H27Cl2N3O5S/c1-3-20(23(31)27-4-2)28(15-16-11-12-17(25)14-19(16)26)22(30)10-7-13-29-24(32)18-8-5-6-9-21(18)35(29,33)34/h5-6,8-9,11-12,14,20H,3-4,7,10,13,15H2,1-2H3,(H,27,31)/t20-/m0/s1. The Kier molecular flexibility index (Phi) is 8.79. The molecule has 3 rings (SSSR count). The monoisotopic (exact) mass is 539 g/mol. The number of likely N-dealkylation sites (N-methyl/N-ethyl adjacent to an activating group) is 1. The second-order valence-electron chi connectivity index (χ2n) is 8.06. The van der Waals surface area contributed by atoms with E-state index in [-0.39, 0.29) is 48.2 Å². The van der Waals surface area contributed by atoms with Crippen LogP contribution in [0.5, 0.6) is 0 Å². The van der Waals surface area contributed by atoms with Gasteiger partial charge in [-0.25, -0.2) is 12.7 Å². The van der Waals surface area contributed by atoms with E-state index in [2.05, 4.69) is 5.32 Å². The maximum atomic E-state index is 13.3. The van der Waals surface area contributed by atoms with Crippen LogP contribution >= 0.6 is 23.2 Å². The first kappa shape index (κ1) is 27.0. The molecule has 0 saturated carbocycles. The first-order valence-corrected chi connectivity index (χ1v) is 13.5. The van der Waals surface area contributed by atoms with E-state index in [0.717, 1.165) is 4.31 Å². The molecule has 1 atom stereocenters. The van der Waals surface area contributed by atoms with Crippen LogP contribution in [0, 0.1) is 0 Å². The zero-order valence-corrected chi connectivity index (χ0v) is 21.8. The van der Waals surface area contributed by atoms with Crippen molar-refractivity contribution in [1.29, 1.82) is 0 Å². The van der Waals surface area contributed by atoms with Gasteiger partial charge < -0.3 is 10.2 Å². The molecule has 0 spiro atoms. The Morgan fingerprint density at radius 3 is 2.46 bits per heavy atom. The highest BCUT2D eigenvalue weighted by Gasteiger charge is 2.40. The van der Waals surface area contributed by atoms with Crippen LogP contribution < -0.4 is 5.32 Å². The minimum atomic E-state index is -3.95. The van der Waals surface area contributed by atoms with E-state index in [9.17, 15) is 22.8 Å². The molecule has 2 aromatic carbocycles. The van der Waals surface area contributed by atoms with Crippen LogP contribution in [-0.4, -0.2) is 54.5 Å². The van der Waals surface area contributed by atoms with Gasteiger partial charge in [-0.05, 0) is 49.6 Å². The van der Waals surface area contributed by atoms with Crippen LogP contribution in [0.4, 0.5) is 0 Å². The van der Waals surface area contributed by atoms with Crippen LogP contribution in [-0.2, 0) is 26.2 Å². The predicted molar refractivity (Wildman–Crippen MR) is 134 cm³/mol. The molecule has 1 N–H and O–H groups in total. The molecule has 1 aliphatic heterocycles. The third-order valence-corrected chi connectivity index (χ3v) is 8.18. The van der Waals surface area contributed by atoms with E-state index >= 15 is 0 Å². The van der Waals surface area contributed by atoms with Gasteiger partial charge >= 0.3 is 0 Å². The lowest BCUT2D eigenvalue weighted by atomic mass is 10.1. The van der Waals surface area contributed by atoms with Crippen molar-refractivity contribution in [3.8, 4) is 0 Å². The lowest BCUT2D eigenvalue weighted by Crippen LogP contribution is -2.49. The van der Waals surface area contributed by atoms with Crippen molar-refractivity contribution in [2.45, 2.75) is 50.6 Å². The van der Waals surface area contributed by atoms with Crippen LogP contribution in [0.25, 0.3) is 0 Å². The summed E-state index contributed by atoms with van der Waals surface area (Å²) < 4.78 is 26.3. The number of benzene rings is 2. The summed E-state index contributed by atoms with van der Waals surface area (Å²) in [5.74, 6) is -1.25. The molecule has 0 unspecified atom stereocenters. The summed E-state index contributed by atoms with van der Waals surface area (Å²) in [6.07, 6.45) is 0.419. The minimum Gasteiger partial charge on any atom is -0.355 e. The number of nitrogens with one attached hydrogen (secondary N) is 1. The van der Waals surface area contributed by atoms with Gasteiger partial charge in [-0.3, -0.25) is 14.4 Å². The molecule has 35 heavy (non-hydrogen) atoms. The maximum absolute atomic E-state index is 13.3. The van der Waals surface area contributed by atoms with Gasteiger partial charge in [0.2, 0.25) is 11.8 Å². The second-order valence-corrected chi connectivity index (χ2v) is 10.7. The molecule has 0 fully saturated rings. The molecule has 3 amide bonds. The number of rotatable bonds is 10. The molecule has 1 heterocycles. The average Bonchev–Trinajstić information content (AvgIpc) is 3.01. The molecule has 2 aromatic rings. The molecule has 188 valence electrons. The normalized spacial score (nSPS) is 15.0. The summed E-state index contributed by atoms with van der Waals surface area (Å²) in [7, 11) is -3.95. The smallest absolute Gasteiger partial charge is 0.269 e. The van der Waals surface area contributed by atoms with Gasteiger partial charge in [-0.2, -0.15) is 0 Å². The molecule has 0 radical (unpaired) electrons. The van der Waals surface area contributed by atoms with Crippen LogP contribution in [0.15, 0.2) is 47.4 Å². The lowest BCUT2D eigenvalue weighted by Gasteiger charge is -2.31. The quantitative estimate of drug-likeness (QED) is 0.493. The van der Waals surface area contributed by atoms with Gasteiger partial charge in [0.25, 0.3) is 15.9 Å². The number of carbonyl (C=O) groups is 3. The van der Waals surface area contributed by atoms with E-state index in [1.807, 2.05) is 0 Å². The van der Waals surface area contributed by atoms with E-state index in [1.54, 1.807) is 44.2 Å². The Labute approximate surface area is 215 Å². The number of sulfonamides is 1. The van der Waals surface area contributed by atoms with Crippen molar-refractivity contribution < 1.29 is 22.8 Å². The zero-order valence-electron chi connectivity index (χ0n) is 19.5. The number of hydrogen-bond donors (Lipinski definition) is 1. The van der Waals surface area contributed by atoms with Crippen molar-refractivity contribution in [3.05, 3.63) is 63.6 Å². The Bertz CT molecular complexity index is 1240. The second kappa shape index (κ2) is 11.4. The molecule has 0 saturated heterocycles. The van der Waals surface area contributed by atoms with E-state index in [4.69, 9.17) is 23.2 Å². The fraction of sp³-hybridized carbons (Fsp3) is 0.375. The average molecular weight is 540 g/mol. The Hall–Kier alpha value is -2.62. The molecule has 8 nitrogen and oxygen atoms in total. The minimum absolute atomic E-state index is 0.0300. The molecule has 0 bridgehead atoms. The van der Waals surface area contributed by atoms with Crippen LogP contribution in [0.2, 0.25) is 10.0 Å². The third-order valence-electron chi connectivity index (χ3n) is 5.76. The molecule has 11 heteroatoms. The van der Waals surface area contributed by atoms with Gasteiger partial charge in [0.15, 0.2) is 0 Å². The number of amides is 3. The molecular formula is C24H27Cl2N3O5S. The Balaban J connectivity index is 1.76. The SMILES string of the molecule is CCNC(=O)[C@H](CC)N(Cc1ccc(Cl)cc1Cl)C(=O)CCCN1C(=O)c2ccccc2S1(=O)=O. The van der Waals surface area contributed by atoms with Crippen molar-refractivity contribution in [3.63, 3.8) is 0 Å². The first-order chi connectivity index (χ1) is 16.6. The fourth-order valence-electron chi connectivity index (χ4n) is 4.01. The first-order valence-electron chi connectivity index (χ1n) is 11.3. The highest BCUT2D eigenvalue weighted by molar-refractivity contribution is 7.90. The van der Waals surface area contributed by atoms with Crippen molar-refractivity contribution in [1.82, 2.24) is 14.5 Å². The van der Waals surface area contributed by atoms with Gasteiger partial charge in [-0.15, -0.1) is 0 Å². The largest absolute Gasteiger partial charge is 0.355 e. The van der Waals surface area contributed by atoms with Crippen molar-refractivity contribution >= 4 is 50.9 Å². The number of carbonyl (C=O) groups excluding carboxylic acids is 3. The number of hydrogen-bond acceptors (Lipinski definition) is 5. The van der Waals surface area contributed by atoms with E-state index in [0.29, 0.717) is 28.6 Å². The Morgan fingerprint density at radius 1 is 1.11 bits per heavy atom. The van der Waals surface area contributed by atoms with Gasteiger partial charge in [0, 0.05) is 36.1 Å². The summed E-state index contributed by atoms with van der Waals surface area (Å²) in [5.41, 5.74) is 0.750. The summed E-state index contributed by atoms with van der Waals surface area (Å²) in [5, 5.41) is 3.57. The van der Waals surface area contributed by atoms with Crippen molar-refractivity contribution in [2.24, 2.45) is 0 Å². The molecular weight excluding hydrogens is 513 g/mol. The summed E-state index contributed by atoms with van der Waals surface area (Å²) in [6, 6.07) is 10.2. The summed E-state index contributed by atoms with van der Waals surface area (Å²) >= 11 is 12.3. The van der Waals surface area contributed by atoms with Crippen LogP contribution in [0.1, 0.15) is 49.0 Å². The molecule has 0 aliphatic carbocycles. The van der Waals surface area contributed by atoms with Gasteiger partial charge in [0.1, 0.15) is 10.9 Å². The van der Waals surface area contributed by atoms with E-state index in [1.165, 1.54) is 17.0 Å². The summed E-state index contributed by atoms with van der Waals surface area (Å²) in [6.45, 7) is 3.94. The number of nitrogens with zero attached hydrogens (tertiary/aromatic N) is 2. The van der Waals surface area contributed by atoms with Crippen molar-refractivity contribution in [2.75, 3.05) is 13.1 Å². The Morgan fingerprint density at radius 2 is 1.83 bits per heavy atom. The van der Waals surface area contributed by atoms with Gasteiger partial charge in [0.05, 0.1) is 5.56 Å². The molecule has 0 aromatic heterocycles. The van der Waals surface area contributed by atoms with E-state index < -0.39 is 22.0 Å². The molecule has 1 aliphatic rings. The highest BCUT2D eigenvalue weighted by atomic mass is 35.5. The van der Waals surface area contributed by atoms with Crippen LogP contribution in [0.3, 0.4) is 0 Å². The summed E-state index contributed by atoms with van der Waals surface area (Å²) in [4.78, 5) is 40.0. The number of fused-ring (bicyclic) bond motifs is 1. The predicted octanol–water partition coefficient (Wildman–Crippen LogP) is 3.86. The zero-order chi connectivity index (χ0) is 25.8. The number of halogens is 2. The van der Waals surface area contributed by atoms with Gasteiger partial charge in [-0.1, -0.05) is 48.3 Å². The maximum Gasteiger partial charge on any atom is 0.269 e.